The van der Waals surface area contributed by atoms with Gasteiger partial charge in [-0.2, -0.15) is 13.2 Å². The Morgan fingerprint density at radius 1 is 1.24 bits per heavy atom. The number of cyclic esters (lactones) is 1. The molecule has 0 aliphatic carbocycles. The van der Waals surface area contributed by atoms with Gasteiger partial charge in [0.15, 0.2) is 6.10 Å². The zero-order chi connectivity index (χ0) is 20.6. The van der Waals surface area contributed by atoms with Crippen LogP contribution in [0.15, 0.2) is 24.4 Å². The van der Waals surface area contributed by atoms with Gasteiger partial charge in [-0.3, -0.25) is 5.32 Å². The molecule has 4 heterocycles. The van der Waals surface area contributed by atoms with Gasteiger partial charge in [0.05, 0.1) is 11.3 Å². The number of carbonyl (C=O) groups excluding carboxylic acids is 1. The molecule has 4 rings (SSSR count). The van der Waals surface area contributed by atoms with Crippen molar-refractivity contribution in [3.63, 3.8) is 0 Å². The fourth-order valence-corrected chi connectivity index (χ4v) is 3.42. The Balaban J connectivity index is 1.87. The Morgan fingerprint density at radius 2 is 2.00 bits per heavy atom. The van der Waals surface area contributed by atoms with E-state index in [9.17, 15) is 22.4 Å². The molecule has 2 aromatic rings. The van der Waals surface area contributed by atoms with E-state index in [2.05, 4.69) is 20.6 Å². The Hall–Kier alpha value is -2.95. The number of anilines is 2. The fourth-order valence-electron chi connectivity index (χ4n) is 3.42. The first-order valence-electron chi connectivity index (χ1n) is 8.94. The second-order valence-corrected chi connectivity index (χ2v) is 6.63. The minimum Gasteiger partial charge on any atom is -0.438 e. The minimum atomic E-state index is -4.59. The number of nitrogens with zero attached hydrogens (tertiary/aromatic N) is 3. The summed E-state index contributed by atoms with van der Waals surface area (Å²) in [5.74, 6) is 0.226. The Morgan fingerprint density at radius 3 is 2.69 bits per heavy atom. The summed E-state index contributed by atoms with van der Waals surface area (Å²) in [7, 11) is 0. The third-order valence-electron chi connectivity index (χ3n) is 4.78. The molecule has 0 bridgehead atoms. The molecule has 2 aliphatic rings. The number of ether oxygens (including phenoxy) is 1. The van der Waals surface area contributed by atoms with Crippen LogP contribution in [0.2, 0.25) is 0 Å². The van der Waals surface area contributed by atoms with Crippen LogP contribution in [0.4, 0.5) is 34.0 Å². The lowest BCUT2D eigenvalue weighted by molar-refractivity contribution is -0.137. The molecule has 0 saturated carbocycles. The van der Waals surface area contributed by atoms with Crippen LogP contribution in [0.1, 0.15) is 17.2 Å². The fraction of sp³-hybridized carbons (Fsp3) is 0.389. The van der Waals surface area contributed by atoms with Crippen molar-refractivity contribution in [2.24, 2.45) is 0 Å². The monoisotopic (exact) mass is 411 g/mol. The van der Waals surface area contributed by atoms with E-state index in [4.69, 9.17) is 4.74 Å². The van der Waals surface area contributed by atoms with Gasteiger partial charge in [0.2, 0.25) is 0 Å². The third kappa shape index (κ3) is 3.82. The summed E-state index contributed by atoms with van der Waals surface area (Å²) in [6, 6.07) is 3.35. The summed E-state index contributed by atoms with van der Waals surface area (Å²) in [4.78, 5) is 21.7. The van der Waals surface area contributed by atoms with E-state index in [1.54, 1.807) is 4.90 Å². The predicted octanol–water partition coefficient (Wildman–Crippen LogP) is 3.14. The maximum absolute atomic E-state index is 13.6. The molecule has 0 radical (unpaired) electrons. The van der Waals surface area contributed by atoms with Crippen LogP contribution in [0.5, 0.6) is 0 Å². The van der Waals surface area contributed by atoms with E-state index in [1.165, 1.54) is 12.3 Å². The molecule has 2 N–H and O–H groups in total. The number of amides is 1. The van der Waals surface area contributed by atoms with E-state index in [0.29, 0.717) is 26.2 Å². The van der Waals surface area contributed by atoms with E-state index in [0.717, 1.165) is 12.1 Å². The van der Waals surface area contributed by atoms with Crippen molar-refractivity contribution < 1.29 is 27.1 Å². The average Bonchev–Trinajstić information content (AvgIpc) is 2.72. The van der Waals surface area contributed by atoms with Crippen molar-refractivity contribution in [1.29, 1.82) is 0 Å². The van der Waals surface area contributed by atoms with Crippen LogP contribution in [-0.4, -0.2) is 48.9 Å². The van der Waals surface area contributed by atoms with Crippen LogP contribution in [-0.2, 0) is 10.9 Å². The van der Waals surface area contributed by atoms with Gasteiger partial charge in [-0.1, -0.05) is 0 Å². The number of aromatic nitrogens is 2. The van der Waals surface area contributed by atoms with Gasteiger partial charge >= 0.3 is 12.3 Å². The first-order chi connectivity index (χ1) is 13.9. The maximum atomic E-state index is 13.6. The molecule has 154 valence electrons. The number of carbonyl (C=O) groups is 1. The van der Waals surface area contributed by atoms with Gasteiger partial charge in [0, 0.05) is 43.5 Å². The van der Waals surface area contributed by atoms with Crippen molar-refractivity contribution in [3.05, 3.63) is 35.5 Å². The Labute approximate surface area is 163 Å². The van der Waals surface area contributed by atoms with Gasteiger partial charge in [-0.15, -0.1) is 0 Å². The van der Waals surface area contributed by atoms with E-state index < -0.39 is 30.6 Å². The van der Waals surface area contributed by atoms with Crippen molar-refractivity contribution in [3.8, 4) is 11.3 Å². The molecule has 1 saturated heterocycles. The quantitative estimate of drug-likeness (QED) is 0.756. The number of pyridine rings is 2. The summed E-state index contributed by atoms with van der Waals surface area (Å²) in [5.41, 5.74) is -0.475. The summed E-state index contributed by atoms with van der Waals surface area (Å²) in [6.45, 7) is 1.23. The van der Waals surface area contributed by atoms with Gasteiger partial charge in [0.1, 0.15) is 18.3 Å². The summed E-state index contributed by atoms with van der Waals surface area (Å²) in [6.07, 6.45) is -5.41. The van der Waals surface area contributed by atoms with Crippen LogP contribution in [0.25, 0.3) is 11.3 Å². The minimum absolute atomic E-state index is 0.00482. The second kappa shape index (κ2) is 7.47. The van der Waals surface area contributed by atoms with Crippen molar-refractivity contribution >= 4 is 17.7 Å². The summed E-state index contributed by atoms with van der Waals surface area (Å²) in [5, 5.41) is 5.49. The number of hydrogen-bond donors (Lipinski definition) is 2. The number of fused-ring (bicyclic) bond motifs is 1. The van der Waals surface area contributed by atoms with Gasteiger partial charge in [0.25, 0.3) is 0 Å². The Kier molecular flexibility index (Phi) is 4.99. The van der Waals surface area contributed by atoms with Gasteiger partial charge in [-0.25, -0.2) is 19.2 Å². The van der Waals surface area contributed by atoms with Crippen molar-refractivity contribution in [1.82, 2.24) is 15.3 Å². The number of hydrogen-bond acceptors (Lipinski definition) is 6. The highest BCUT2D eigenvalue weighted by molar-refractivity contribution is 5.89. The zero-order valence-corrected chi connectivity index (χ0v) is 15.1. The highest BCUT2D eigenvalue weighted by Crippen LogP contribution is 2.40. The predicted molar refractivity (Wildman–Crippen MR) is 96.4 cm³/mol. The summed E-state index contributed by atoms with van der Waals surface area (Å²) >= 11 is 0. The highest BCUT2D eigenvalue weighted by Gasteiger charge is 2.35. The Bertz CT molecular complexity index is 931. The smallest absolute Gasteiger partial charge is 0.416 e. The van der Waals surface area contributed by atoms with Crippen molar-refractivity contribution in [2.75, 3.05) is 43.1 Å². The van der Waals surface area contributed by atoms with Crippen LogP contribution in [0.3, 0.4) is 0 Å². The van der Waals surface area contributed by atoms with Crippen LogP contribution in [0, 0.1) is 0 Å². The lowest BCUT2D eigenvalue weighted by Gasteiger charge is -2.30. The molecule has 1 fully saturated rings. The molecule has 0 unspecified atom stereocenters. The average molecular weight is 411 g/mol. The molecule has 29 heavy (non-hydrogen) atoms. The van der Waals surface area contributed by atoms with Crippen LogP contribution < -0.4 is 15.5 Å². The van der Waals surface area contributed by atoms with E-state index in [-0.39, 0.29) is 28.5 Å². The molecule has 2 aliphatic heterocycles. The van der Waals surface area contributed by atoms with Gasteiger partial charge in [-0.05, 0) is 18.2 Å². The zero-order valence-electron chi connectivity index (χ0n) is 15.1. The molecule has 0 aromatic carbocycles. The largest absolute Gasteiger partial charge is 0.438 e. The number of rotatable bonds is 3. The molecular weight excluding hydrogens is 394 g/mol. The number of piperazine rings is 1. The first kappa shape index (κ1) is 19.4. The molecule has 0 spiro atoms. The lowest BCUT2D eigenvalue weighted by Crippen LogP contribution is -2.44. The summed E-state index contributed by atoms with van der Waals surface area (Å²) < 4.78 is 59.1. The second-order valence-electron chi connectivity index (χ2n) is 6.63. The number of halogens is 4. The molecule has 11 heteroatoms. The normalized spacial score (nSPS) is 19.4. The first-order valence-corrected chi connectivity index (χ1v) is 8.94. The SMILES string of the molecule is O=C1Nc2nccc(-c3cc(C(F)(F)F)cc(N4CCNCC4)n3)c2[C@@H](CF)O1. The van der Waals surface area contributed by atoms with Crippen molar-refractivity contribution in [2.45, 2.75) is 12.3 Å². The molecular formula is C18H17F4N5O2. The topological polar surface area (TPSA) is 79.4 Å². The third-order valence-corrected chi connectivity index (χ3v) is 4.78. The standard InChI is InChI=1S/C18H17F4N5O2/c19-9-13-15-11(1-2-24-16(15)26-17(28)29-13)12-7-10(18(20,21)22)8-14(25-12)27-5-3-23-4-6-27/h1-2,7-8,13,23H,3-6,9H2,(H,24,26,28)/t13-/m1/s1. The highest BCUT2D eigenvalue weighted by atomic mass is 19.4. The molecule has 1 amide bonds. The van der Waals surface area contributed by atoms with E-state index in [1.807, 2.05) is 0 Å². The lowest BCUT2D eigenvalue weighted by atomic mass is 9.99. The van der Waals surface area contributed by atoms with E-state index >= 15 is 0 Å². The molecule has 1 atom stereocenters. The van der Waals surface area contributed by atoms with Gasteiger partial charge < -0.3 is 15.0 Å². The number of alkyl halides is 4. The molecule has 7 nitrogen and oxygen atoms in total. The number of nitrogens with one attached hydrogen (secondary N) is 2. The maximum Gasteiger partial charge on any atom is 0.416 e. The van der Waals surface area contributed by atoms with Crippen LogP contribution >= 0.6 is 0 Å². The molecule has 2 aromatic heterocycles.